The monoisotopic (exact) mass is 273 g/mol. The standard InChI is InChI=1S/C17H27N3/c1-14-5-4-6-15(13-14)19-9-11-20(12-10-19)17-8-3-2-7-16(17)18/h4-6,13,16-17H,2-3,7-12,18H2,1H3. The number of hydrogen-bond donors (Lipinski definition) is 1. The van der Waals surface area contributed by atoms with E-state index in [0.717, 1.165) is 26.2 Å². The number of rotatable bonds is 2. The molecule has 2 fully saturated rings. The van der Waals surface area contributed by atoms with Gasteiger partial charge in [0.25, 0.3) is 0 Å². The molecule has 1 aliphatic heterocycles. The maximum absolute atomic E-state index is 6.32. The third-order valence-electron chi connectivity index (χ3n) is 4.93. The summed E-state index contributed by atoms with van der Waals surface area (Å²) in [5.41, 5.74) is 9.04. The Morgan fingerprint density at radius 2 is 1.80 bits per heavy atom. The van der Waals surface area contributed by atoms with Crippen LogP contribution >= 0.6 is 0 Å². The van der Waals surface area contributed by atoms with Crippen LogP contribution in [0.2, 0.25) is 0 Å². The van der Waals surface area contributed by atoms with Crippen molar-refractivity contribution in [2.45, 2.75) is 44.7 Å². The van der Waals surface area contributed by atoms with Crippen molar-refractivity contribution in [2.75, 3.05) is 31.1 Å². The van der Waals surface area contributed by atoms with Gasteiger partial charge in [-0.25, -0.2) is 0 Å². The molecule has 110 valence electrons. The number of piperazine rings is 1. The second-order valence-electron chi connectivity index (χ2n) is 6.38. The smallest absolute Gasteiger partial charge is 0.0369 e. The minimum absolute atomic E-state index is 0.397. The SMILES string of the molecule is Cc1cccc(N2CCN(C3CCCCC3N)CC2)c1. The fourth-order valence-electron chi connectivity index (χ4n) is 3.73. The van der Waals surface area contributed by atoms with E-state index in [2.05, 4.69) is 41.0 Å². The largest absolute Gasteiger partial charge is 0.369 e. The highest BCUT2D eigenvalue weighted by atomic mass is 15.3. The molecule has 20 heavy (non-hydrogen) atoms. The molecule has 3 rings (SSSR count). The van der Waals surface area contributed by atoms with Gasteiger partial charge < -0.3 is 10.6 Å². The van der Waals surface area contributed by atoms with Crippen molar-refractivity contribution in [3.63, 3.8) is 0 Å². The first-order valence-electron chi connectivity index (χ1n) is 8.05. The second-order valence-corrected chi connectivity index (χ2v) is 6.38. The van der Waals surface area contributed by atoms with Crippen molar-refractivity contribution in [1.29, 1.82) is 0 Å². The summed E-state index contributed by atoms with van der Waals surface area (Å²) < 4.78 is 0. The van der Waals surface area contributed by atoms with Crippen molar-refractivity contribution >= 4 is 5.69 Å². The highest BCUT2D eigenvalue weighted by Crippen LogP contribution is 2.24. The first-order valence-corrected chi connectivity index (χ1v) is 8.05. The van der Waals surface area contributed by atoms with Gasteiger partial charge in [0.1, 0.15) is 0 Å². The number of benzene rings is 1. The zero-order valence-electron chi connectivity index (χ0n) is 12.6. The van der Waals surface area contributed by atoms with E-state index >= 15 is 0 Å². The molecule has 2 aliphatic rings. The van der Waals surface area contributed by atoms with E-state index < -0.39 is 0 Å². The van der Waals surface area contributed by atoms with Crippen LogP contribution < -0.4 is 10.6 Å². The van der Waals surface area contributed by atoms with Crippen molar-refractivity contribution in [3.05, 3.63) is 29.8 Å². The lowest BCUT2D eigenvalue weighted by molar-refractivity contribution is 0.130. The highest BCUT2D eigenvalue weighted by molar-refractivity contribution is 5.48. The fraction of sp³-hybridized carbons (Fsp3) is 0.647. The van der Waals surface area contributed by atoms with E-state index in [1.54, 1.807) is 0 Å². The minimum atomic E-state index is 0.397. The lowest BCUT2D eigenvalue weighted by Crippen LogP contribution is -2.56. The van der Waals surface area contributed by atoms with Crippen LogP contribution in [0.5, 0.6) is 0 Å². The molecule has 0 aromatic heterocycles. The van der Waals surface area contributed by atoms with Gasteiger partial charge in [0.15, 0.2) is 0 Å². The van der Waals surface area contributed by atoms with Crippen LogP contribution in [-0.4, -0.2) is 43.2 Å². The van der Waals surface area contributed by atoms with Crippen LogP contribution in [0.1, 0.15) is 31.2 Å². The maximum Gasteiger partial charge on any atom is 0.0369 e. The molecule has 2 N–H and O–H groups in total. The average molecular weight is 273 g/mol. The van der Waals surface area contributed by atoms with E-state index in [9.17, 15) is 0 Å². The normalized spacial score (nSPS) is 28.6. The molecule has 0 radical (unpaired) electrons. The van der Waals surface area contributed by atoms with Crippen LogP contribution in [0, 0.1) is 6.92 Å². The van der Waals surface area contributed by atoms with E-state index in [1.165, 1.54) is 36.9 Å². The molecule has 1 aromatic carbocycles. The zero-order valence-corrected chi connectivity index (χ0v) is 12.6. The number of anilines is 1. The summed E-state index contributed by atoms with van der Waals surface area (Å²) in [5.74, 6) is 0. The van der Waals surface area contributed by atoms with Crippen molar-refractivity contribution in [2.24, 2.45) is 5.73 Å². The Labute approximate surface area is 122 Å². The van der Waals surface area contributed by atoms with Gasteiger partial charge in [0, 0.05) is 44.0 Å². The average Bonchev–Trinajstić information content (AvgIpc) is 2.48. The first-order chi connectivity index (χ1) is 9.74. The van der Waals surface area contributed by atoms with Gasteiger partial charge in [0.2, 0.25) is 0 Å². The van der Waals surface area contributed by atoms with Crippen LogP contribution in [0.3, 0.4) is 0 Å². The van der Waals surface area contributed by atoms with E-state index in [4.69, 9.17) is 5.73 Å². The van der Waals surface area contributed by atoms with E-state index in [1.807, 2.05) is 0 Å². The number of nitrogens with two attached hydrogens (primary N) is 1. The Kier molecular flexibility index (Phi) is 4.27. The lowest BCUT2D eigenvalue weighted by Gasteiger charge is -2.43. The quantitative estimate of drug-likeness (QED) is 0.898. The molecule has 1 aliphatic carbocycles. The molecule has 1 aromatic rings. The van der Waals surface area contributed by atoms with Gasteiger partial charge in [-0.2, -0.15) is 0 Å². The van der Waals surface area contributed by atoms with Gasteiger partial charge in [-0.3, -0.25) is 4.90 Å². The molecule has 0 spiro atoms. The van der Waals surface area contributed by atoms with E-state index in [-0.39, 0.29) is 0 Å². The Bertz CT molecular complexity index is 438. The van der Waals surface area contributed by atoms with Crippen LogP contribution in [0.25, 0.3) is 0 Å². The molecular weight excluding hydrogens is 246 g/mol. The molecule has 0 bridgehead atoms. The predicted molar refractivity (Wildman–Crippen MR) is 85.2 cm³/mol. The number of aryl methyl sites for hydroxylation is 1. The predicted octanol–water partition coefficient (Wildman–Crippen LogP) is 2.39. The first kappa shape index (κ1) is 13.9. The second kappa shape index (κ2) is 6.15. The van der Waals surface area contributed by atoms with Crippen molar-refractivity contribution in [3.8, 4) is 0 Å². The number of nitrogens with zero attached hydrogens (tertiary/aromatic N) is 2. The summed E-state index contributed by atoms with van der Waals surface area (Å²) in [6.07, 6.45) is 5.19. The Morgan fingerprint density at radius 3 is 2.50 bits per heavy atom. The van der Waals surface area contributed by atoms with Gasteiger partial charge in [-0.15, -0.1) is 0 Å². The molecule has 0 amide bonds. The Balaban J connectivity index is 1.59. The van der Waals surface area contributed by atoms with Gasteiger partial charge in [-0.1, -0.05) is 25.0 Å². The topological polar surface area (TPSA) is 32.5 Å². The summed E-state index contributed by atoms with van der Waals surface area (Å²) in [7, 11) is 0. The third kappa shape index (κ3) is 2.99. The molecule has 3 nitrogen and oxygen atoms in total. The summed E-state index contributed by atoms with van der Waals surface area (Å²) in [4.78, 5) is 5.15. The van der Waals surface area contributed by atoms with Crippen LogP contribution in [0.4, 0.5) is 5.69 Å². The number of hydrogen-bond acceptors (Lipinski definition) is 3. The zero-order chi connectivity index (χ0) is 13.9. The summed E-state index contributed by atoms with van der Waals surface area (Å²) in [6.45, 7) is 6.75. The summed E-state index contributed by atoms with van der Waals surface area (Å²) in [6, 6.07) is 9.88. The van der Waals surface area contributed by atoms with Gasteiger partial charge in [0.05, 0.1) is 0 Å². The highest BCUT2D eigenvalue weighted by Gasteiger charge is 2.29. The molecule has 2 atom stereocenters. The van der Waals surface area contributed by atoms with Crippen molar-refractivity contribution < 1.29 is 0 Å². The van der Waals surface area contributed by atoms with Gasteiger partial charge in [-0.05, 0) is 37.5 Å². The minimum Gasteiger partial charge on any atom is -0.369 e. The lowest BCUT2D eigenvalue weighted by atomic mass is 9.89. The Hall–Kier alpha value is -1.06. The summed E-state index contributed by atoms with van der Waals surface area (Å²) in [5, 5.41) is 0. The maximum atomic E-state index is 6.32. The molecular formula is C17H27N3. The molecule has 1 saturated heterocycles. The van der Waals surface area contributed by atoms with Gasteiger partial charge >= 0.3 is 0 Å². The summed E-state index contributed by atoms with van der Waals surface area (Å²) >= 11 is 0. The molecule has 2 unspecified atom stereocenters. The Morgan fingerprint density at radius 1 is 1.05 bits per heavy atom. The molecule has 1 heterocycles. The molecule has 3 heteroatoms. The van der Waals surface area contributed by atoms with E-state index in [0.29, 0.717) is 12.1 Å². The molecule has 1 saturated carbocycles. The van der Waals surface area contributed by atoms with Crippen LogP contribution in [0.15, 0.2) is 24.3 Å². The van der Waals surface area contributed by atoms with Crippen molar-refractivity contribution in [1.82, 2.24) is 4.90 Å². The third-order valence-corrected chi connectivity index (χ3v) is 4.93. The fourth-order valence-corrected chi connectivity index (χ4v) is 3.73. The van der Waals surface area contributed by atoms with Crippen LogP contribution in [-0.2, 0) is 0 Å².